The van der Waals surface area contributed by atoms with Gasteiger partial charge in [0.25, 0.3) is 0 Å². The van der Waals surface area contributed by atoms with Gasteiger partial charge in [-0.2, -0.15) is 5.10 Å². The van der Waals surface area contributed by atoms with E-state index in [1.165, 1.54) is 12.1 Å². The van der Waals surface area contributed by atoms with Gasteiger partial charge < -0.3 is 5.11 Å². The van der Waals surface area contributed by atoms with Crippen LogP contribution in [0.5, 0.6) is 0 Å². The minimum absolute atomic E-state index is 0.225. The Balaban J connectivity index is 2.02. The SMILES string of the molecule is Cc1nn(-c2ccc(F)cc2)c2nc(C3CC3)cc(C(=O)O)c12. The number of aromatic carboxylic acids is 1. The maximum absolute atomic E-state index is 13.1. The highest BCUT2D eigenvalue weighted by Gasteiger charge is 2.28. The predicted molar refractivity (Wildman–Crippen MR) is 82.5 cm³/mol. The van der Waals surface area contributed by atoms with E-state index in [1.54, 1.807) is 29.8 Å². The van der Waals surface area contributed by atoms with Crippen molar-refractivity contribution < 1.29 is 14.3 Å². The summed E-state index contributed by atoms with van der Waals surface area (Å²) in [7, 11) is 0. The van der Waals surface area contributed by atoms with Crippen molar-refractivity contribution in [3.63, 3.8) is 0 Å². The molecule has 0 radical (unpaired) electrons. The molecule has 4 rings (SSSR count). The number of carboxylic acids is 1. The minimum Gasteiger partial charge on any atom is -0.478 e. The van der Waals surface area contributed by atoms with Crippen molar-refractivity contribution in [2.75, 3.05) is 0 Å². The number of carbonyl (C=O) groups is 1. The molecule has 0 bridgehead atoms. The number of hydrogen-bond acceptors (Lipinski definition) is 3. The average molecular weight is 311 g/mol. The van der Waals surface area contributed by atoms with Gasteiger partial charge in [-0.3, -0.25) is 0 Å². The molecule has 1 aliphatic carbocycles. The highest BCUT2D eigenvalue weighted by molar-refractivity contribution is 6.03. The minimum atomic E-state index is -0.985. The number of carboxylic acid groups (broad SMARTS) is 1. The Morgan fingerprint density at radius 2 is 2.00 bits per heavy atom. The lowest BCUT2D eigenvalue weighted by Crippen LogP contribution is -2.03. The first-order chi connectivity index (χ1) is 11.0. The quantitative estimate of drug-likeness (QED) is 0.804. The Kier molecular flexibility index (Phi) is 2.94. The first-order valence-corrected chi connectivity index (χ1v) is 7.44. The zero-order valence-electron chi connectivity index (χ0n) is 12.5. The summed E-state index contributed by atoms with van der Waals surface area (Å²) in [4.78, 5) is 16.3. The lowest BCUT2D eigenvalue weighted by Gasteiger charge is -2.06. The number of fused-ring (bicyclic) bond motifs is 1. The lowest BCUT2D eigenvalue weighted by molar-refractivity contribution is 0.0698. The average Bonchev–Trinajstić information content (AvgIpc) is 3.32. The molecule has 3 aromatic rings. The predicted octanol–water partition coefficient (Wildman–Crippen LogP) is 3.44. The topological polar surface area (TPSA) is 68.0 Å². The van der Waals surface area contributed by atoms with Gasteiger partial charge in [0.05, 0.1) is 22.3 Å². The van der Waals surface area contributed by atoms with Gasteiger partial charge in [0, 0.05) is 11.6 Å². The van der Waals surface area contributed by atoms with E-state index in [2.05, 4.69) is 10.1 Å². The van der Waals surface area contributed by atoms with E-state index >= 15 is 0 Å². The summed E-state index contributed by atoms with van der Waals surface area (Å²) in [5, 5.41) is 14.5. The number of nitrogens with zero attached hydrogens (tertiary/aromatic N) is 3. The summed E-state index contributed by atoms with van der Waals surface area (Å²) in [5.41, 5.74) is 2.77. The molecule has 0 saturated heterocycles. The van der Waals surface area contributed by atoms with Crippen molar-refractivity contribution in [2.24, 2.45) is 0 Å². The van der Waals surface area contributed by atoms with Crippen LogP contribution in [-0.4, -0.2) is 25.8 Å². The Hall–Kier alpha value is -2.76. The molecular formula is C17H14FN3O2. The van der Waals surface area contributed by atoms with Crippen molar-refractivity contribution in [1.82, 2.24) is 14.8 Å². The van der Waals surface area contributed by atoms with Gasteiger partial charge >= 0.3 is 5.97 Å². The number of aromatic nitrogens is 3. The molecule has 0 spiro atoms. The largest absolute Gasteiger partial charge is 0.478 e. The number of aryl methyl sites for hydroxylation is 1. The van der Waals surface area contributed by atoms with Crippen LogP contribution in [0.4, 0.5) is 4.39 Å². The van der Waals surface area contributed by atoms with Crippen LogP contribution in [0.3, 0.4) is 0 Å². The normalized spacial score (nSPS) is 14.3. The molecule has 1 saturated carbocycles. The molecule has 0 amide bonds. The smallest absolute Gasteiger partial charge is 0.336 e. The standard InChI is InChI=1S/C17H14FN3O2/c1-9-15-13(17(22)23)8-14(10-2-3-10)19-16(15)21(20-9)12-6-4-11(18)5-7-12/h4-8,10H,2-3H2,1H3,(H,22,23). The highest BCUT2D eigenvalue weighted by Crippen LogP contribution is 2.40. The molecule has 1 fully saturated rings. The molecule has 5 nitrogen and oxygen atoms in total. The first kappa shape index (κ1) is 13.9. The molecule has 0 unspecified atom stereocenters. The van der Waals surface area contributed by atoms with Gasteiger partial charge in [-0.05, 0) is 50.1 Å². The fourth-order valence-corrected chi connectivity index (χ4v) is 2.83. The highest BCUT2D eigenvalue weighted by atomic mass is 19.1. The van der Waals surface area contributed by atoms with E-state index in [1.807, 2.05) is 0 Å². The lowest BCUT2D eigenvalue weighted by atomic mass is 10.1. The Morgan fingerprint density at radius 3 is 2.61 bits per heavy atom. The first-order valence-electron chi connectivity index (χ1n) is 7.44. The molecule has 0 aliphatic heterocycles. The van der Waals surface area contributed by atoms with Crippen molar-refractivity contribution in [1.29, 1.82) is 0 Å². The van der Waals surface area contributed by atoms with Crippen LogP contribution in [0.2, 0.25) is 0 Å². The van der Waals surface area contributed by atoms with E-state index in [4.69, 9.17) is 0 Å². The second kappa shape index (κ2) is 4.87. The van der Waals surface area contributed by atoms with Crippen molar-refractivity contribution >= 4 is 17.0 Å². The second-order valence-electron chi connectivity index (χ2n) is 5.85. The zero-order chi connectivity index (χ0) is 16.1. The summed E-state index contributed by atoms with van der Waals surface area (Å²) >= 11 is 0. The van der Waals surface area contributed by atoms with Gasteiger partial charge in [-0.15, -0.1) is 0 Å². The Labute approximate surface area is 131 Å². The summed E-state index contributed by atoms with van der Waals surface area (Å²) in [6.07, 6.45) is 2.06. The van der Waals surface area contributed by atoms with Crippen LogP contribution in [-0.2, 0) is 0 Å². The monoisotopic (exact) mass is 311 g/mol. The Morgan fingerprint density at radius 1 is 1.30 bits per heavy atom. The number of halogens is 1. The molecule has 23 heavy (non-hydrogen) atoms. The third-order valence-corrected chi connectivity index (χ3v) is 4.13. The number of benzene rings is 1. The van der Waals surface area contributed by atoms with Crippen molar-refractivity contribution in [3.8, 4) is 5.69 Å². The van der Waals surface area contributed by atoms with E-state index in [0.717, 1.165) is 18.5 Å². The van der Waals surface area contributed by atoms with E-state index in [-0.39, 0.29) is 11.4 Å². The number of rotatable bonds is 3. The van der Waals surface area contributed by atoms with Crippen molar-refractivity contribution in [2.45, 2.75) is 25.7 Å². The molecule has 1 N–H and O–H groups in total. The van der Waals surface area contributed by atoms with Gasteiger partial charge in [0.15, 0.2) is 5.65 Å². The third-order valence-electron chi connectivity index (χ3n) is 4.13. The van der Waals surface area contributed by atoms with E-state index in [9.17, 15) is 14.3 Å². The fraction of sp³-hybridized carbons (Fsp3) is 0.235. The molecular weight excluding hydrogens is 297 g/mol. The maximum Gasteiger partial charge on any atom is 0.336 e. The van der Waals surface area contributed by atoms with Crippen LogP contribution >= 0.6 is 0 Å². The van der Waals surface area contributed by atoms with Crippen LogP contribution < -0.4 is 0 Å². The second-order valence-corrected chi connectivity index (χ2v) is 5.85. The van der Waals surface area contributed by atoms with E-state index < -0.39 is 5.97 Å². The number of pyridine rings is 1. The van der Waals surface area contributed by atoms with Crippen LogP contribution in [0.25, 0.3) is 16.7 Å². The molecule has 0 atom stereocenters. The third kappa shape index (κ3) is 2.27. The summed E-state index contributed by atoms with van der Waals surface area (Å²) in [6.45, 7) is 1.76. The van der Waals surface area contributed by atoms with Gasteiger partial charge in [-0.25, -0.2) is 18.9 Å². The fourth-order valence-electron chi connectivity index (χ4n) is 2.83. The molecule has 116 valence electrons. The Bertz CT molecular complexity index is 927. The molecule has 1 aromatic carbocycles. The molecule has 6 heteroatoms. The van der Waals surface area contributed by atoms with Gasteiger partial charge in [-0.1, -0.05) is 0 Å². The van der Waals surface area contributed by atoms with Crippen LogP contribution in [0, 0.1) is 12.7 Å². The summed E-state index contributed by atoms with van der Waals surface area (Å²) in [6, 6.07) is 7.56. The summed E-state index contributed by atoms with van der Waals surface area (Å²) in [5.74, 6) is -0.991. The molecule has 2 aromatic heterocycles. The van der Waals surface area contributed by atoms with Gasteiger partial charge in [0.1, 0.15) is 5.82 Å². The van der Waals surface area contributed by atoms with E-state index in [0.29, 0.717) is 28.3 Å². The van der Waals surface area contributed by atoms with Crippen LogP contribution in [0.1, 0.15) is 40.5 Å². The number of hydrogen-bond donors (Lipinski definition) is 1. The van der Waals surface area contributed by atoms with Gasteiger partial charge in [0.2, 0.25) is 0 Å². The maximum atomic E-state index is 13.1. The van der Waals surface area contributed by atoms with Crippen molar-refractivity contribution in [3.05, 3.63) is 53.1 Å². The summed E-state index contributed by atoms with van der Waals surface area (Å²) < 4.78 is 14.7. The molecule has 2 heterocycles. The van der Waals surface area contributed by atoms with Crippen LogP contribution in [0.15, 0.2) is 30.3 Å². The molecule has 1 aliphatic rings. The zero-order valence-corrected chi connectivity index (χ0v) is 12.5.